The molecule has 1 N–H and O–H groups in total. The highest BCUT2D eigenvalue weighted by molar-refractivity contribution is 9.13. The van der Waals surface area contributed by atoms with Crippen LogP contribution in [-0.4, -0.2) is 18.3 Å². The van der Waals surface area contributed by atoms with Crippen molar-refractivity contribution in [3.05, 3.63) is 90.8 Å². The molecule has 9 heteroatoms. The average molecular weight is 610 g/mol. The van der Waals surface area contributed by atoms with Crippen molar-refractivity contribution in [1.82, 2.24) is 4.98 Å². The molecule has 0 aliphatic heterocycles. The summed E-state index contributed by atoms with van der Waals surface area (Å²) in [6, 6.07) is 19.0. The van der Waals surface area contributed by atoms with E-state index in [9.17, 15) is 0 Å². The number of anilines is 1. The highest BCUT2D eigenvalue weighted by Gasteiger charge is 2.17. The van der Waals surface area contributed by atoms with Crippen LogP contribution in [0.3, 0.4) is 0 Å². The molecule has 33 heavy (non-hydrogen) atoms. The van der Waals surface area contributed by atoms with Gasteiger partial charge in [0.25, 0.3) is 0 Å². The number of nitrogens with zero attached hydrogens (tertiary/aromatic N) is 2. The fraction of sp³-hybridized carbons (Fsp3) is 0.0833. The van der Waals surface area contributed by atoms with E-state index in [0.29, 0.717) is 38.4 Å². The third-order valence-electron chi connectivity index (χ3n) is 4.72. The number of nitrogens with one attached hydrogen (secondary N) is 1. The number of hydrogen-bond acceptors (Lipinski definition) is 5. The summed E-state index contributed by atoms with van der Waals surface area (Å²) in [6.45, 7) is 0.293. The predicted molar refractivity (Wildman–Crippen MR) is 142 cm³/mol. The van der Waals surface area contributed by atoms with Crippen LogP contribution in [0.4, 0.5) is 5.82 Å². The maximum absolute atomic E-state index is 6.10. The summed E-state index contributed by atoms with van der Waals surface area (Å²) in [4.78, 5) is 4.55. The molecule has 4 rings (SSSR count). The zero-order valence-corrected chi connectivity index (χ0v) is 22.0. The van der Waals surface area contributed by atoms with E-state index in [1.54, 1.807) is 25.5 Å². The first kappa shape index (κ1) is 23.8. The van der Waals surface area contributed by atoms with Crippen LogP contribution < -0.4 is 14.9 Å². The van der Waals surface area contributed by atoms with Crippen LogP contribution >= 0.6 is 55.1 Å². The van der Waals surface area contributed by atoms with E-state index in [-0.39, 0.29) is 0 Å². The fourth-order valence-corrected chi connectivity index (χ4v) is 4.32. The summed E-state index contributed by atoms with van der Waals surface area (Å²) in [5.74, 6) is 1.75. The second-order valence-corrected chi connectivity index (χ2v) is 9.32. The first-order valence-electron chi connectivity index (χ1n) is 9.74. The summed E-state index contributed by atoms with van der Waals surface area (Å²) >= 11 is 19.3. The predicted octanol–water partition coefficient (Wildman–Crippen LogP) is 8.10. The minimum Gasteiger partial charge on any atom is -0.493 e. The molecule has 1 heterocycles. The van der Waals surface area contributed by atoms with E-state index in [1.165, 1.54) is 0 Å². The molecule has 0 spiro atoms. The molecule has 0 unspecified atom stereocenters. The zero-order chi connectivity index (χ0) is 23.4. The van der Waals surface area contributed by atoms with Gasteiger partial charge in [-0.05, 0) is 73.8 Å². The molecule has 0 aliphatic carbocycles. The van der Waals surface area contributed by atoms with E-state index < -0.39 is 0 Å². The Bertz CT molecular complexity index is 1350. The monoisotopic (exact) mass is 607 g/mol. The normalized spacial score (nSPS) is 11.2. The molecular weight excluding hydrogens is 593 g/mol. The van der Waals surface area contributed by atoms with Gasteiger partial charge >= 0.3 is 0 Å². The second-order valence-electron chi connectivity index (χ2n) is 6.92. The van der Waals surface area contributed by atoms with Gasteiger partial charge in [0.05, 0.1) is 33.4 Å². The number of aromatic nitrogens is 1. The molecule has 0 atom stereocenters. The smallest absolute Gasteiger partial charge is 0.177 e. The topological polar surface area (TPSA) is 55.7 Å². The number of rotatable bonds is 7. The van der Waals surface area contributed by atoms with Crippen molar-refractivity contribution < 1.29 is 9.47 Å². The molecule has 0 fully saturated rings. The first-order valence-corrected chi connectivity index (χ1v) is 12.1. The van der Waals surface area contributed by atoms with Gasteiger partial charge in [-0.2, -0.15) is 5.10 Å². The number of fused-ring (bicyclic) bond motifs is 1. The number of methoxy groups -OCH3 is 1. The van der Waals surface area contributed by atoms with Crippen LogP contribution in [-0.2, 0) is 6.61 Å². The lowest BCUT2D eigenvalue weighted by Gasteiger charge is -2.15. The van der Waals surface area contributed by atoms with Gasteiger partial charge in [0.2, 0.25) is 0 Å². The largest absolute Gasteiger partial charge is 0.493 e. The Balaban J connectivity index is 1.52. The molecule has 0 radical (unpaired) electrons. The number of pyridine rings is 1. The lowest BCUT2D eigenvalue weighted by Crippen LogP contribution is -2.01. The lowest BCUT2D eigenvalue weighted by molar-refractivity contribution is 0.282. The summed E-state index contributed by atoms with van der Waals surface area (Å²) in [5, 5.41) is 6.37. The Morgan fingerprint density at radius 2 is 1.82 bits per heavy atom. The van der Waals surface area contributed by atoms with Crippen molar-refractivity contribution in [3.63, 3.8) is 0 Å². The van der Waals surface area contributed by atoms with E-state index in [1.807, 2.05) is 48.5 Å². The van der Waals surface area contributed by atoms with E-state index >= 15 is 0 Å². The molecular formula is C24H17Br2Cl2N3O2. The summed E-state index contributed by atoms with van der Waals surface area (Å²) in [5.41, 5.74) is 5.53. The Hall–Kier alpha value is -2.32. The molecule has 4 aromatic rings. The molecule has 0 amide bonds. The molecule has 5 nitrogen and oxygen atoms in total. The minimum absolute atomic E-state index is 0.293. The molecule has 168 valence electrons. The average Bonchev–Trinajstić information content (AvgIpc) is 2.83. The van der Waals surface area contributed by atoms with Crippen LogP contribution in [0.2, 0.25) is 10.0 Å². The third-order valence-corrected chi connectivity index (χ3v) is 7.61. The third kappa shape index (κ3) is 5.61. The lowest BCUT2D eigenvalue weighted by atomic mass is 10.2. The van der Waals surface area contributed by atoms with E-state index in [0.717, 1.165) is 26.5 Å². The van der Waals surface area contributed by atoms with Crippen LogP contribution in [0.15, 0.2) is 74.7 Å². The highest BCUT2D eigenvalue weighted by Crippen LogP contribution is 2.42. The minimum atomic E-state index is 0.293. The van der Waals surface area contributed by atoms with Gasteiger partial charge in [-0.15, -0.1) is 0 Å². The van der Waals surface area contributed by atoms with Crippen LogP contribution in [0, 0.1) is 0 Å². The summed E-state index contributed by atoms with van der Waals surface area (Å²) in [6.07, 6.45) is 1.68. The van der Waals surface area contributed by atoms with Gasteiger partial charge in [0, 0.05) is 15.4 Å². The number of benzene rings is 3. The quantitative estimate of drug-likeness (QED) is 0.170. The Morgan fingerprint density at radius 1 is 1.00 bits per heavy atom. The van der Waals surface area contributed by atoms with Crippen molar-refractivity contribution in [3.8, 4) is 11.5 Å². The molecule has 1 aromatic heterocycles. The van der Waals surface area contributed by atoms with Gasteiger partial charge in [-0.3, -0.25) is 5.43 Å². The van der Waals surface area contributed by atoms with Gasteiger partial charge in [0.1, 0.15) is 12.4 Å². The number of para-hydroxylation sites is 1. The van der Waals surface area contributed by atoms with Crippen molar-refractivity contribution >= 4 is 78.0 Å². The Morgan fingerprint density at radius 3 is 2.61 bits per heavy atom. The van der Waals surface area contributed by atoms with Crippen LogP contribution in [0.25, 0.3) is 10.9 Å². The molecule has 0 saturated heterocycles. The molecule has 0 saturated carbocycles. The van der Waals surface area contributed by atoms with Crippen molar-refractivity contribution in [2.24, 2.45) is 5.10 Å². The van der Waals surface area contributed by atoms with Crippen molar-refractivity contribution in [2.45, 2.75) is 6.61 Å². The van der Waals surface area contributed by atoms with Gasteiger partial charge in [-0.25, -0.2) is 4.98 Å². The van der Waals surface area contributed by atoms with Crippen LogP contribution in [0.5, 0.6) is 11.5 Å². The second kappa shape index (κ2) is 10.7. The fourth-order valence-electron chi connectivity index (χ4n) is 3.07. The van der Waals surface area contributed by atoms with Gasteiger partial charge in [-0.1, -0.05) is 47.5 Å². The number of hydrazone groups is 1. The maximum Gasteiger partial charge on any atom is 0.177 e. The van der Waals surface area contributed by atoms with Crippen LogP contribution in [0.1, 0.15) is 11.1 Å². The molecule has 0 bridgehead atoms. The maximum atomic E-state index is 6.10. The summed E-state index contributed by atoms with van der Waals surface area (Å²) < 4.78 is 13.0. The molecule has 3 aromatic carbocycles. The number of halogens is 4. The number of hydrogen-bond donors (Lipinski definition) is 1. The van der Waals surface area contributed by atoms with Gasteiger partial charge in [0.15, 0.2) is 11.5 Å². The number of ether oxygens (including phenoxy) is 2. The SMILES string of the molecule is COc1cc(/C=N\Nc2ccc3ccccc3n2)c(Br)c(Br)c1OCc1ccc(Cl)c(Cl)c1. The zero-order valence-electron chi connectivity index (χ0n) is 17.3. The van der Waals surface area contributed by atoms with Crippen molar-refractivity contribution in [2.75, 3.05) is 12.5 Å². The van der Waals surface area contributed by atoms with E-state index in [2.05, 4.69) is 47.4 Å². The van der Waals surface area contributed by atoms with Crippen molar-refractivity contribution in [1.29, 1.82) is 0 Å². The standard InChI is InChI=1S/C24H17Br2Cl2N3O2/c1-32-20-11-16(12-29-31-21-9-7-15-4-2-3-5-19(15)30-21)22(25)23(26)24(20)33-13-14-6-8-17(27)18(28)10-14/h2-12H,13H2,1H3,(H,30,31)/b29-12-. The first-order chi connectivity index (χ1) is 16.0. The Labute approximate surface area is 218 Å². The Kier molecular flexibility index (Phi) is 7.75. The van der Waals surface area contributed by atoms with Gasteiger partial charge < -0.3 is 9.47 Å². The van der Waals surface area contributed by atoms with E-state index in [4.69, 9.17) is 32.7 Å². The summed E-state index contributed by atoms with van der Waals surface area (Å²) in [7, 11) is 1.58. The molecule has 0 aliphatic rings. The highest BCUT2D eigenvalue weighted by atomic mass is 79.9.